The molecule has 2 aromatic rings. The minimum absolute atomic E-state index is 0.132. The van der Waals surface area contributed by atoms with Crippen molar-refractivity contribution in [2.24, 2.45) is 0 Å². The average molecular weight is 356 g/mol. The molecule has 1 aliphatic heterocycles. The molecule has 2 N–H and O–H groups in total. The van der Waals surface area contributed by atoms with E-state index in [0.29, 0.717) is 31.2 Å². The number of fused-ring (bicyclic) bond motifs is 1. The van der Waals surface area contributed by atoms with Gasteiger partial charge < -0.3 is 14.9 Å². The number of aromatic amines is 1. The number of β-amino-alcohol motifs (C(OH)–C–C–N with tert-alkyl or cyclic N) is 1. The molecule has 2 aromatic heterocycles. The van der Waals surface area contributed by atoms with Crippen LogP contribution in [0.3, 0.4) is 0 Å². The molecule has 0 radical (unpaired) electrons. The smallest absolute Gasteiger partial charge is 0.274 e. The van der Waals surface area contributed by atoms with E-state index >= 15 is 0 Å². The molecule has 138 valence electrons. The predicted octanol–water partition coefficient (Wildman–Crippen LogP) is 0.792. The van der Waals surface area contributed by atoms with E-state index in [-0.39, 0.29) is 12.5 Å². The van der Waals surface area contributed by atoms with Crippen molar-refractivity contribution in [3.8, 4) is 0 Å². The van der Waals surface area contributed by atoms with Crippen LogP contribution < -0.4 is 4.90 Å². The van der Waals surface area contributed by atoms with Crippen LogP contribution in [0.2, 0.25) is 0 Å². The van der Waals surface area contributed by atoms with Crippen LogP contribution in [-0.4, -0.2) is 68.4 Å². The van der Waals surface area contributed by atoms with Gasteiger partial charge in [-0.1, -0.05) is 0 Å². The van der Waals surface area contributed by atoms with Gasteiger partial charge in [0, 0.05) is 37.2 Å². The van der Waals surface area contributed by atoms with E-state index in [2.05, 4.69) is 20.2 Å². The van der Waals surface area contributed by atoms with Gasteiger partial charge in [-0.3, -0.25) is 9.89 Å². The van der Waals surface area contributed by atoms with Crippen molar-refractivity contribution in [3.63, 3.8) is 0 Å². The maximum atomic E-state index is 12.9. The van der Waals surface area contributed by atoms with E-state index in [1.54, 1.807) is 30.4 Å². The number of H-pyrrole nitrogens is 1. The highest BCUT2D eigenvalue weighted by atomic mass is 16.3. The number of anilines is 1. The lowest BCUT2D eigenvalue weighted by Crippen LogP contribution is -2.46. The molecule has 0 aromatic carbocycles. The molecule has 1 fully saturated rings. The zero-order valence-electron chi connectivity index (χ0n) is 15.0. The SMILES string of the molecule is CN(C[C@]1(O)CCN(c2ncccn2)C1)C(=O)c1n[nH]c2c1CCCC2. The van der Waals surface area contributed by atoms with Gasteiger partial charge in [-0.15, -0.1) is 0 Å². The molecule has 0 spiro atoms. The summed E-state index contributed by atoms with van der Waals surface area (Å²) < 4.78 is 0. The van der Waals surface area contributed by atoms with Gasteiger partial charge >= 0.3 is 0 Å². The number of nitrogens with one attached hydrogen (secondary N) is 1. The molecule has 2 aliphatic rings. The first-order valence-electron chi connectivity index (χ1n) is 9.12. The van der Waals surface area contributed by atoms with Gasteiger partial charge in [0.25, 0.3) is 5.91 Å². The van der Waals surface area contributed by atoms with Gasteiger partial charge in [-0.05, 0) is 38.2 Å². The summed E-state index contributed by atoms with van der Waals surface area (Å²) in [6.07, 6.45) is 8.02. The summed E-state index contributed by atoms with van der Waals surface area (Å²) in [6.45, 7) is 1.34. The fraction of sp³-hybridized carbons (Fsp3) is 0.556. The Balaban J connectivity index is 1.44. The largest absolute Gasteiger partial charge is 0.386 e. The molecule has 1 aliphatic carbocycles. The number of likely N-dealkylation sites (N-methyl/N-ethyl adjacent to an activating group) is 1. The van der Waals surface area contributed by atoms with E-state index in [0.717, 1.165) is 36.9 Å². The lowest BCUT2D eigenvalue weighted by Gasteiger charge is -2.29. The van der Waals surface area contributed by atoms with Crippen LogP contribution in [0, 0.1) is 0 Å². The van der Waals surface area contributed by atoms with Crippen LogP contribution >= 0.6 is 0 Å². The summed E-state index contributed by atoms with van der Waals surface area (Å²) >= 11 is 0. The Morgan fingerprint density at radius 1 is 1.35 bits per heavy atom. The predicted molar refractivity (Wildman–Crippen MR) is 96.0 cm³/mol. The molecular formula is C18H24N6O2. The first-order chi connectivity index (χ1) is 12.6. The Morgan fingerprint density at radius 3 is 2.92 bits per heavy atom. The number of aliphatic hydroxyl groups is 1. The highest BCUT2D eigenvalue weighted by Crippen LogP contribution is 2.27. The Morgan fingerprint density at radius 2 is 2.12 bits per heavy atom. The van der Waals surface area contributed by atoms with Crippen LogP contribution in [-0.2, 0) is 12.8 Å². The zero-order chi connectivity index (χ0) is 18.1. The minimum Gasteiger partial charge on any atom is -0.386 e. The minimum atomic E-state index is -0.972. The number of nitrogens with zero attached hydrogens (tertiary/aromatic N) is 5. The quantitative estimate of drug-likeness (QED) is 0.841. The summed E-state index contributed by atoms with van der Waals surface area (Å²) in [7, 11) is 1.73. The first kappa shape index (κ1) is 17.0. The van der Waals surface area contributed by atoms with E-state index in [9.17, 15) is 9.90 Å². The number of carbonyl (C=O) groups is 1. The first-order valence-corrected chi connectivity index (χ1v) is 9.12. The molecule has 0 saturated carbocycles. The third-order valence-electron chi connectivity index (χ3n) is 5.30. The van der Waals surface area contributed by atoms with Gasteiger partial charge in [0.05, 0.1) is 13.1 Å². The molecule has 4 rings (SSSR count). The second-order valence-corrected chi connectivity index (χ2v) is 7.34. The van der Waals surface area contributed by atoms with Crippen LogP contribution in [0.15, 0.2) is 18.5 Å². The van der Waals surface area contributed by atoms with Crippen molar-refractivity contribution in [1.82, 2.24) is 25.1 Å². The molecule has 3 heterocycles. The van der Waals surface area contributed by atoms with Gasteiger partial charge in [0.1, 0.15) is 5.60 Å². The average Bonchev–Trinajstić information content (AvgIpc) is 3.26. The van der Waals surface area contributed by atoms with E-state index in [1.165, 1.54) is 0 Å². The Labute approximate surface area is 152 Å². The number of aromatic nitrogens is 4. The number of aryl methyl sites for hydroxylation is 1. The van der Waals surface area contributed by atoms with Gasteiger partial charge in [0.15, 0.2) is 5.69 Å². The highest BCUT2D eigenvalue weighted by Gasteiger charge is 2.39. The molecule has 0 unspecified atom stereocenters. The van der Waals surface area contributed by atoms with Crippen LogP contribution in [0.25, 0.3) is 0 Å². The maximum absolute atomic E-state index is 12.9. The summed E-state index contributed by atoms with van der Waals surface area (Å²) in [4.78, 5) is 24.9. The van der Waals surface area contributed by atoms with Gasteiger partial charge in [-0.2, -0.15) is 5.10 Å². The van der Waals surface area contributed by atoms with Gasteiger partial charge in [0.2, 0.25) is 5.95 Å². The van der Waals surface area contributed by atoms with Crippen molar-refractivity contribution in [2.75, 3.05) is 31.6 Å². The number of hydrogen-bond acceptors (Lipinski definition) is 6. The van der Waals surface area contributed by atoms with Crippen LogP contribution in [0.1, 0.15) is 41.0 Å². The van der Waals surface area contributed by atoms with Crippen molar-refractivity contribution < 1.29 is 9.90 Å². The van der Waals surface area contributed by atoms with Crippen molar-refractivity contribution in [1.29, 1.82) is 0 Å². The van der Waals surface area contributed by atoms with E-state index in [4.69, 9.17) is 0 Å². The third-order valence-corrected chi connectivity index (χ3v) is 5.30. The van der Waals surface area contributed by atoms with Crippen LogP contribution in [0.5, 0.6) is 0 Å². The molecule has 26 heavy (non-hydrogen) atoms. The standard InChI is InChI=1S/C18H24N6O2/c1-23(16(25)15-13-5-2-3-6-14(13)21-22-15)11-18(26)7-10-24(12-18)17-19-8-4-9-20-17/h4,8-9,26H,2-3,5-7,10-12H2,1H3,(H,21,22)/t18-/m1/s1. The highest BCUT2D eigenvalue weighted by molar-refractivity contribution is 5.94. The fourth-order valence-corrected chi connectivity index (χ4v) is 3.96. The monoisotopic (exact) mass is 356 g/mol. The van der Waals surface area contributed by atoms with E-state index in [1.807, 2.05) is 4.90 Å². The zero-order valence-corrected chi connectivity index (χ0v) is 15.0. The Bertz CT molecular complexity index is 792. The summed E-state index contributed by atoms with van der Waals surface area (Å²) in [5.41, 5.74) is 1.66. The maximum Gasteiger partial charge on any atom is 0.274 e. The Kier molecular flexibility index (Phi) is 4.36. The summed E-state index contributed by atoms with van der Waals surface area (Å²) in [5.74, 6) is 0.478. The molecule has 1 saturated heterocycles. The molecule has 1 atom stereocenters. The van der Waals surface area contributed by atoms with Gasteiger partial charge in [-0.25, -0.2) is 9.97 Å². The molecular weight excluding hydrogens is 332 g/mol. The number of rotatable bonds is 4. The van der Waals surface area contributed by atoms with Crippen molar-refractivity contribution in [3.05, 3.63) is 35.4 Å². The lowest BCUT2D eigenvalue weighted by atomic mass is 9.95. The second kappa shape index (κ2) is 6.68. The number of carbonyl (C=O) groups excluding carboxylic acids is 1. The van der Waals surface area contributed by atoms with Crippen molar-refractivity contribution >= 4 is 11.9 Å². The molecule has 8 nitrogen and oxygen atoms in total. The Hall–Kier alpha value is -2.48. The number of hydrogen-bond donors (Lipinski definition) is 2. The molecule has 8 heteroatoms. The summed E-state index contributed by atoms with van der Waals surface area (Å²) in [5, 5.41) is 18.2. The lowest BCUT2D eigenvalue weighted by molar-refractivity contribution is 0.0261. The second-order valence-electron chi connectivity index (χ2n) is 7.34. The fourth-order valence-electron chi connectivity index (χ4n) is 3.96. The third kappa shape index (κ3) is 3.16. The van der Waals surface area contributed by atoms with E-state index < -0.39 is 5.60 Å². The molecule has 0 bridgehead atoms. The topological polar surface area (TPSA) is 98.2 Å². The van der Waals surface area contributed by atoms with Crippen molar-refractivity contribution in [2.45, 2.75) is 37.7 Å². The summed E-state index contributed by atoms with van der Waals surface area (Å²) in [6, 6.07) is 1.77. The number of amides is 1. The van der Waals surface area contributed by atoms with Crippen LogP contribution in [0.4, 0.5) is 5.95 Å². The normalized spacial score (nSPS) is 22.3. The molecule has 1 amide bonds.